The van der Waals surface area contributed by atoms with Crippen LogP contribution in [-0.4, -0.2) is 28.7 Å². The van der Waals surface area contributed by atoms with Gasteiger partial charge in [-0.15, -0.1) is 0 Å². The fraction of sp³-hybridized carbons (Fsp3) is 0.579. The summed E-state index contributed by atoms with van der Waals surface area (Å²) in [7, 11) is 1.94. The Morgan fingerprint density at radius 3 is 2.70 bits per heavy atom. The van der Waals surface area contributed by atoms with Crippen LogP contribution in [0.2, 0.25) is 0 Å². The summed E-state index contributed by atoms with van der Waals surface area (Å²) >= 11 is 0. The third-order valence-electron chi connectivity index (χ3n) is 5.67. The van der Waals surface area contributed by atoms with Crippen molar-refractivity contribution in [2.24, 2.45) is 18.9 Å². The lowest BCUT2D eigenvalue weighted by molar-refractivity contribution is 0.0977. The van der Waals surface area contributed by atoms with Crippen LogP contribution in [0.1, 0.15) is 49.5 Å². The van der Waals surface area contributed by atoms with Gasteiger partial charge in [0.15, 0.2) is 5.78 Å². The second kappa shape index (κ2) is 5.66. The highest BCUT2D eigenvalue weighted by atomic mass is 16.1. The smallest absolute Gasteiger partial charge is 0.183 e. The normalized spacial score (nSPS) is 23.7. The summed E-state index contributed by atoms with van der Waals surface area (Å²) in [5.41, 5.74) is 2.98. The molecule has 0 amide bonds. The van der Waals surface area contributed by atoms with Gasteiger partial charge in [-0.05, 0) is 49.3 Å². The summed E-state index contributed by atoms with van der Waals surface area (Å²) in [6, 6.07) is 6.48. The highest BCUT2D eigenvalue weighted by molar-refractivity contribution is 6.06. The van der Waals surface area contributed by atoms with Crippen molar-refractivity contribution in [1.29, 1.82) is 0 Å². The predicted molar refractivity (Wildman–Crippen MR) is 93.0 cm³/mol. The Bertz CT molecular complexity index is 736. The molecule has 0 bridgehead atoms. The van der Waals surface area contributed by atoms with Crippen molar-refractivity contribution in [1.82, 2.24) is 9.78 Å². The summed E-state index contributed by atoms with van der Waals surface area (Å²) in [5.74, 6) is 1.93. The molecule has 0 unspecified atom stereocenters. The molecule has 0 radical (unpaired) electrons. The van der Waals surface area contributed by atoms with Crippen molar-refractivity contribution >= 4 is 22.4 Å². The van der Waals surface area contributed by atoms with Gasteiger partial charge in [-0.2, -0.15) is 5.10 Å². The fourth-order valence-electron chi connectivity index (χ4n) is 4.44. The Hall–Kier alpha value is -1.84. The molecule has 2 heterocycles. The van der Waals surface area contributed by atoms with Crippen molar-refractivity contribution in [3.8, 4) is 0 Å². The molecule has 1 aliphatic heterocycles. The van der Waals surface area contributed by atoms with Gasteiger partial charge in [0.25, 0.3) is 0 Å². The number of hydrogen-bond donors (Lipinski definition) is 0. The van der Waals surface area contributed by atoms with Gasteiger partial charge in [-0.25, -0.2) is 0 Å². The van der Waals surface area contributed by atoms with E-state index >= 15 is 0 Å². The number of ketones is 1. The zero-order chi connectivity index (χ0) is 16.0. The largest absolute Gasteiger partial charge is 0.371 e. The Kier molecular flexibility index (Phi) is 3.63. The van der Waals surface area contributed by atoms with Gasteiger partial charge in [-0.3, -0.25) is 9.48 Å². The van der Waals surface area contributed by atoms with Crippen LogP contribution >= 0.6 is 0 Å². The zero-order valence-electron chi connectivity index (χ0n) is 14.1. The quantitative estimate of drug-likeness (QED) is 0.806. The monoisotopic (exact) mass is 311 g/mol. The van der Waals surface area contributed by atoms with E-state index in [1.165, 1.54) is 38.0 Å². The maximum Gasteiger partial charge on any atom is 0.183 e. The van der Waals surface area contributed by atoms with Crippen molar-refractivity contribution < 1.29 is 4.79 Å². The number of rotatable bonds is 4. The highest BCUT2D eigenvalue weighted by Crippen LogP contribution is 2.40. The molecular formula is C19H25N3O. The third kappa shape index (κ3) is 2.44. The zero-order valence-corrected chi connectivity index (χ0v) is 14.1. The topological polar surface area (TPSA) is 38.1 Å². The van der Waals surface area contributed by atoms with Crippen molar-refractivity contribution in [2.75, 3.05) is 18.0 Å². The molecule has 0 spiro atoms. The van der Waals surface area contributed by atoms with Gasteiger partial charge in [0, 0.05) is 37.6 Å². The summed E-state index contributed by atoms with van der Waals surface area (Å²) < 4.78 is 1.86. The van der Waals surface area contributed by atoms with Crippen LogP contribution in [0.25, 0.3) is 10.9 Å². The number of Topliss-reactive ketones (excluding diaryl/α,β-unsaturated/α-hetero) is 1. The van der Waals surface area contributed by atoms with Gasteiger partial charge in [-0.1, -0.05) is 13.3 Å². The first-order valence-corrected chi connectivity index (χ1v) is 8.92. The number of nitrogens with zero attached hydrogens (tertiary/aromatic N) is 3. The summed E-state index contributed by atoms with van der Waals surface area (Å²) in [5, 5.41) is 5.48. The van der Waals surface area contributed by atoms with Crippen LogP contribution in [0, 0.1) is 11.8 Å². The van der Waals surface area contributed by atoms with Gasteiger partial charge in [0.05, 0.1) is 5.52 Å². The Balaban J connectivity index is 1.66. The fourth-order valence-corrected chi connectivity index (χ4v) is 4.44. The molecule has 0 N–H and O–H groups in total. The van der Waals surface area contributed by atoms with Gasteiger partial charge < -0.3 is 4.90 Å². The number of carbonyl (C=O) groups is 1. The first-order valence-electron chi connectivity index (χ1n) is 8.92. The van der Waals surface area contributed by atoms with E-state index in [1.54, 1.807) is 0 Å². The van der Waals surface area contributed by atoms with E-state index < -0.39 is 0 Å². The lowest BCUT2D eigenvalue weighted by Crippen LogP contribution is -2.20. The van der Waals surface area contributed by atoms with E-state index in [4.69, 9.17) is 0 Å². The van der Waals surface area contributed by atoms with E-state index in [9.17, 15) is 4.79 Å². The lowest BCUT2D eigenvalue weighted by Gasteiger charge is -2.19. The summed E-state index contributed by atoms with van der Waals surface area (Å²) in [6.45, 7) is 4.41. The lowest BCUT2D eigenvalue weighted by atomic mass is 10.0. The van der Waals surface area contributed by atoms with Gasteiger partial charge in [0.2, 0.25) is 0 Å². The average Bonchev–Trinajstić information content (AvgIpc) is 3.20. The molecule has 1 saturated carbocycles. The van der Waals surface area contributed by atoms with Crippen molar-refractivity contribution in [3.63, 3.8) is 0 Å². The first kappa shape index (κ1) is 14.7. The molecule has 1 saturated heterocycles. The van der Waals surface area contributed by atoms with Gasteiger partial charge >= 0.3 is 0 Å². The van der Waals surface area contributed by atoms with Crippen molar-refractivity contribution in [2.45, 2.75) is 39.0 Å². The molecule has 2 aromatic rings. The number of anilines is 1. The Labute approximate surface area is 137 Å². The summed E-state index contributed by atoms with van der Waals surface area (Å²) in [6.07, 6.45) is 5.64. The van der Waals surface area contributed by atoms with E-state index in [1.807, 2.05) is 18.7 Å². The van der Waals surface area contributed by atoms with Crippen LogP contribution in [0.3, 0.4) is 0 Å². The maximum atomic E-state index is 12.3. The molecule has 2 fully saturated rings. The molecule has 1 aromatic carbocycles. The molecule has 2 aliphatic rings. The van der Waals surface area contributed by atoms with E-state index in [0.29, 0.717) is 12.1 Å². The maximum absolute atomic E-state index is 12.3. The van der Waals surface area contributed by atoms with E-state index in [0.717, 1.165) is 29.2 Å². The van der Waals surface area contributed by atoms with Crippen LogP contribution < -0.4 is 4.90 Å². The third-order valence-corrected chi connectivity index (χ3v) is 5.67. The standard InChI is InChI=1S/C19H25N3O/c1-3-5-18(23)19-16-9-8-15(10-17(16)21(2)20-19)22-11-13-6-4-7-14(13)12-22/h8-10,13-14H,3-7,11-12H2,1-2H3/t13-,14+. The number of aryl methyl sites for hydroxylation is 1. The second-order valence-electron chi connectivity index (χ2n) is 7.20. The molecule has 4 rings (SSSR count). The molecular weight excluding hydrogens is 286 g/mol. The second-order valence-corrected chi connectivity index (χ2v) is 7.20. The van der Waals surface area contributed by atoms with Crippen LogP contribution in [0.15, 0.2) is 18.2 Å². The number of fused-ring (bicyclic) bond motifs is 2. The van der Waals surface area contributed by atoms with E-state index in [2.05, 4.69) is 28.2 Å². The van der Waals surface area contributed by atoms with Crippen LogP contribution in [0.4, 0.5) is 5.69 Å². The predicted octanol–water partition coefficient (Wildman–Crippen LogP) is 3.79. The Morgan fingerprint density at radius 1 is 1.26 bits per heavy atom. The molecule has 4 nitrogen and oxygen atoms in total. The molecule has 23 heavy (non-hydrogen) atoms. The molecule has 2 atom stereocenters. The highest BCUT2D eigenvalue weighted by Gasteiger charge is 2.36. The van der Waals surface area contributed by atoms with Crippen LogP contribution in [-0.2, 0) is 7.05 Å². The number of aromatic nitrogens is 2. The molecule has 122 valence electrons. The Morgan fingerprint density at radius 2 is 2.00 bits per heavy atom. The van der Waals surface area contributed by atoms with Gasteiger partial charge in [0.1, 0.15) is 5.69 Å². The average molecular weight is 311 g/mol. The summed E-state index contributed by atoms with van der Waals surface area (Å²) in [4.78, 5) is 14.8. The van der Waals surface area contributed by atoms with Crippen molar-refractivity contribution in [3.05, 3.63) is 23.9 Å². The minimum absolute atomic E-state index is 0.154. The number of benzene rings is 1. The number of carbonyl (C=O) groups excluding carboxylic acids is 1. The number of hydrogen-bond acceptors (Lipinski definition) is 3. The minimum Gasteiger partial charge on any atom is -0.371 e. The molecule has 4 heteroatoms. The van der Waals surface area contributed by atoms with E-state index in [-0.39, 0.29) is 5.78 Å². The molecule has 1 aliphatic carbocycles. The van der Waals surface area contributed by atoms with Crippen LogP contribution in [0.5, 0.6) is 0 Å². The first-order chi connectivity index (χ1) is 11.2. The molecule has 1 aromatic heterocycles. The minimum atomic E-state index is 0.154. The SMILES string of the molecule is CCCC(=O)c1nn(C)c2cc(N3C[C@H]4CCC[C@H]4C3)ccc12.